The van der Waals surface area contributed by atoms with E-state index in [1.807, 2.05) is 5.38 Å². The van der Waals surface area contributed by atoms with Gasteiger partial charge in [-0.3, -0.25) is 15.1 Å². The van der Waals surface area contributed by atoms with E-state index in [1.54, 1.807) is 29.0 Å². The molecular formula is C20H14Cl2N4O4S. The molecule has 0 fully saturated rings. The molecule has 0 aliphatic carbocycles. The Balaban J connectivity index is 1.84. The van der Waals surface area contributed by atoms with E-state index < -0.39 is 4.92 Å². The summed E-state index contributed by atoms with van der Waals surface area (Å²) in [6, 6.07) is 7.97. The van der Waals surface area contributed by atoms with Gasteiger partial charge in [0.15, 0.2) is 11.5 Å². The van der Waals surface area contributed by atoms with E-state index in [2.05, 4.69) is 16.7 Å². The lowest BCUT2D eigenvalue weighted by molar-refractivity contribution is -0.385. The quantitative estimate of drug-likeness (QED) is 0.213. The molecule has 0 unspecified atom stereocenters. The number of hydrogen-bond acceptors (Lipinski definition) is 7. The zero-order chi connectivity index (χ0) is 22.0. The number of hydrogen-bond donors (Lipinski definition) is 0. The van der Waals surface area contributed by atoms with Crippen LogP contribution in [0.15, 0.2) is 58.5 Å². The summed E-state index contributed by atoms with van der Waals surface area (Å²) in [6.45, 7) is 4.07. The van der Waals surface area contributed by atoms with E-state index in [4.69, 9.17) is 32.7 Å². The fraction of sp³-hybridized carbons (Fsp3) is 0.100. The first kappa shape index (κ1) is 21.1. The molecule has 31 heavy (non-hydrogen) atoms. The van der Waals surface area contributed by atoms with Crippen molar-refractivity contribution in [3.05, 3.63) is 78.9 Å². The SMILES string of the molecule is C=CCN=c1scc(-c2ccc(Cl)cc2Cl)n1N=Cc1cc2c(cc1[N+](=O)[O-])OCO2. The fourth-order valence-electron chi connectivity index (χ4n) is 2.87. The van der Waals surface area contributed by atoms with Gasteiger partial charge in [0.1, 0.15) is 0 Å². The van der Waals surface area contributed by atoms with Gasteiger partial charge in [-0.15, -0.1) is 17.9 Å². The van der Waals surface area contributed by atoms with Crippen molar-refractivity contribution >= 4 is 46.4 Å². The van der Waals surface area contributed by atoms with Crippen LogP contribution in [0.25, 0.3) is 11.3 Å². The highest BCUT2D eigenvalue weighted by molar-refractivity contribution is 7.07. The van der Waals surface area contributed by atoms with E-state index in [9.17, 15) is 10.1 Å². The van der Waals surface area contributed by atoms with Crippen molar-refractivity contribution in [2.75, 3.05) is 13.3 Å². The average Bonchev–Trinajstić information content (AvgIpc) is 3.36. The van der Waals surface area contributed by atoms with Crippen molar-refractivity contribution in [2.45, 2.75) is 0 Å². The molecule has 0 radical (unpaired) electrons. The molecule has 3 aromatic rings. The van der Waals surface area contributed by atoms with Gasteiger partial charge >= 0.3 is 0 Å². The third kappa shape index (κ3) is 4.34. The number of rotatable bonds is 6. The third-order valence-corrected chi connectivity index (χ3v) is 5.68. The lowest BCUT2D eigenvalue weighted by atomic mass is 10.1. The number of fused-ring (bicyclic) bond motifs is 1. The molecule has 8 nitrogen and oxygen atoms in total. The Morgan fingerprint density at radius 1 is 1.26 bits per heavy atom. The van der Waals surface area contributed by atoms with Crippen molar-refractivity contribution in [2.24, 2.45) is 10.1 Å². The molecule has 2 heterocycles. The maximum absolute atomic E-state index is 11.5. The van der Waals surface area contributed by atoms with Crippen LogP contribution >= 0.6 is 34.5 Å². The van der Waals surface area contributed by atoms with Gasteiger partial charge in [0.25, 0.3) is 5.69 Å². The minimum absolute atomic E-state index is 0.0101. The molecule has 0 saturated heterocycles. The molecular weight excluding hydrogens is 463 g/mol. The minimum atomic E-state index is -0.498. The average molecular weight is 477 g/mol. The molecule has 4 rings (SSSR count). The Kier molecular flexibility index (Phi) is 6.08. The highest BCUT2D eigenvalue weighted by Gasteiger charge is 2.22. The molecule has 1 aromatic heterocycles. The monoisotopic (exact) mass is 476 g/mol. The fourth-order valence-corrected chi connectivity index (χ4v) is 4.22. The first-order valence-electron chi connectivity index (χ1n) is 8.87. The number of thiazole rings is 1. The van der Waals surface area contributed by atoms with Crippen LogP contribution in [0.4, 0.5) is 5.69 Å². The number of aromatic nitrogens is 1. The third-order valence-electron chi connectivity index (χ3n) is 4.28. The number of ether oxygens (including phenoxy) is 2. The standard InChI is InChI=1S/C20H14Cl2N4O4S/c1-2-5-23-20-25(17(10-31-20)14-4-3-13(21)7-15(14)22)24-9-12-6-18-19(30-11-29-18)8-16(12)26(27)28/h2-4,6-10H,1,5,11H2. The van der Waals surface area contributed by atoms with Gasteiger partial charge in [0.2, 0.25) is 11.6 Å². The lowest BCUT2D eigenvalue weighted by Crippen LogP contribution is -2.12. The summed E-state index contributed by atoms with van der Waals surface area (Å²) in [5, 5.41) is 18.8. The van der Waals surface area contributed by atoms with Gasteiger partial charge in [-0.1, -0.05) is 29.3 Å². The zero-order valence-corrected chi connectivity index (χ0v) is 18.2. The lowest BCUT2D eigenvalue weighted by Gasteiger charge is -2.06. The molecule has 1 aliphatic heterocycles. The Morgan fingerprint density at radius 3 is 2.74 bits per heavy atom. The van der Waals surface area contributed by atoms with Crippen LogP contribution in [0.1, 0.15) is 5.56 Å². The minimum Gasteiger partial charge on any atom is -0.454 e. The number of nitro benzene ring substituents is 1. The topological polar surface area (TPSA) is 91.2 Å². The Morgan fingerprint density at radius 2 is 2.03 bits per heavy atom. The smallest absolute Gasteiger partial charge is 0.282 e. The van der Waals surface area contributed by atoms with Gasteiger partial charge in [-0.25, -0.2) is 4.68 Å². The maximum Gasteiger partial charge on any atom is 0.282 e. The second-order valence-electron chi connectivity index (χ2n) is 6.23. The van der Waals surface area contributed by atoms with E-state index in [0.29, 0.717) is 44.1 Å². The molecule has 1 aliphatic rings. The molecule has 2 aromatic carbocycles. The van der Waals surface area contributed by atoms with Crippen molar-refractivity contribution in [1.82, 2.24) is 4.68 Å². The van der Waals surface area contributed by atoms with E-state index in [0.717, 1.165) is 0 Å². The number of nitro groups is 1. The predicted molar refractivity (Wildman–Crippen MR) is 121 cm³/mol. The van der Waals surface area contributed by atoms with Crippen molar-refractivity contribution in [1.29, 1.82) is 0 Å². The number of benzene rings is 2. The molecule has 0 saturated carbocycles. The molecule has 0 bridgehead atoms. The summed E-state index contributed by atoms with van der Waals surface area (Å²) in [7, 11) is 0. The summed E-state index contributed by atoms with van der Waals surface area (Å²) in [4.78, 5) is 16.1. The van der Waals surface area contributed by atoms with Crippen LogP contribution in [0.2, 0.25) is 10.0 Å². The van der Waals surface area contributed by atoms with E-state index in [-0.39, 0.29) is 18.0 Å². The normalized spacial score (nSPS) is 13.2. The first-order valence-corrected chi connectivity index (χ1v) is 10.5. The Labute approximate surface area is 190 Å². The highest BCUT2D eigenvalue weighted by atomic mass is 35.5. The van der Waals surface area contributed by atoms with Crippen LogP contribution in [0.3, 0.4) is 0 Å². The zero-order valence-electron chi connectivity index (χ0n) is 15.8. The second-order valence-corrected chi connectivity index (χ2v) is 7.92. The van der Waals surface area contributed by atoms with E-state index in [1.165, 1.54) is 29.7 Å². The first-order chi connectivity index (χ1) is 15.0. The number of nitrogens with zero attached hydrogens (tertiary/aromatic N) is 4. The Bertz CT molecular complexity index is 1280. The molecule has 0 amide bonds. The van der Waals surface area contributed by atoms with Crippen LogP contribution in [0.5, 0.6) is 11.5 Å². The summed E-state index contributed by atoms with van der Waals surface area (Å²) in [5.74, 6) is 0.738. The summed E-state index contributed by atoms with van der Waals surface area (Å²) in [5.41, 5.74) is 1.46. The second kappa shape index (κ2) is 8.93. The largest absolute Gasteiger partial charge is 0.454 e. The van der Waals surface area contributed by atoms with Crippen molar-refractivity contribution in [3.8, 4) is 22.8 Å². The van der Waals surface area contributed by atoms with Gasteiger partial charge in [-0.2, -0.15) is 5.10 Å². The van der Waals surface area contributed by atoms with Crippen molar-refractivity contribution in [3.63, 3.8) is 0 Å². The highest BCUT2D eigenvalue weighted by Crippen LogP contribution is 2.37. The molecule has 0 atom stereocenters. The summed E-state index contributed by atoms with van der Waals surface area (Å²) < 4.78 is 12.1. The van der Waals surface area contributed by atoms with Crippen LogP contribution < -0.4 is 14.3 Å². The Hall–Kier alpha value is -3.14. The van der Waals surface area contributed by atoms with Crippen molar-refractivity contribution < 1.29 is 14.4 Å². The predicted octanol–water partition coefficient (Wildman–Crippen LogP) is 5.13. The molecule has 0 spiro atoms. The molecule has 158 valence electrons. The molecule has 11 heteroatoms. The van der Waals surface area contributed by atoms with Gasteiger partial charge in [0, 0.05) is 16.0 Å². The van der Waals surface area contributed by atoms with Gasteiger partial charge < -0.3 is 9.47 Å². The number of halogens is 2. The van der Waals surface area contributed by atoms with Gasteiger partial charge in [-0.05, 0) is 24.3 Å². The van der Waals surface area contributed by atoms with Crippen LogP contribution in [0, 0.1) is 10.1 Å². The van der Waals surface area contributed by atoms with Crippen LogP contribution in [-0.4, -0.2) is 29.2 Å². The van der Waals surface area contributed by atoms with Gasteiger partial charge in [0.05, 0.1) is 40.0 Å². The maximum atomic E-state index is 11.5. The summed E-state index contributed by atoms with van der Waals surface area (Å²) >= 11 is 13.8. The summed E-state index contributed by atoms with van der Waals surface area (Å²) in [6.07, 6.45) is 3.04. The van der Waals surface area contributed by atoms with E-state index >= 15 is 0 Å². The van der Waals surface area contributed by atoms with Crippen LogP contribution in [-0.2, 0) is 0 Å². The molecule has 0 N–H and O–H groups in total.